The molecule has 0 spiro atoms. The van der Waals surface area contributed by atoms with Crippen LogP contribution in [-0.4, -0.2) is 39.1 Å². The topological polar surface area (TPSA) is 117 Å². The van der Waals surface area contributed by atoms with Gasteiger partial charge in [0.2, 0.25) is 5.91 Å². The van der Waals surface area contributed by atoms with Crippen LogP contribution in [0.3, 0.4) is 0 Å². The van der Waals surface area contributed by atoms with Crippen molar-refractivity contribution in [3.8, 4) is 11.1 Å². The van der Waals surface area contributed by atoms with Crippen LogP contribution >= 0.6 is 11.6 Å². The summed E-state index contributed by atoms with van der Waals surface area (Å²) in [6.07, 6.45) is 3.22. The van der Waals surface area contributed by atoms with Gasteiger partial charge in [0.05, 0.1) is 6.42 Å². The first-order chi connectivity index (χ1) is 16.6. The quantitative estimate of drug-likeness (QED) is 0.348. The van der Waals surface area contributed by atoms with Gasteiger partial charge in [-0.05, 0) is 60.7 Å². The third-order valence-electron chi connectivity index (χ3n) is 6.14. The molecule has 3 N–H and O–H groups in total. The van der Waals surface area contributed by atoms with Gasteiger partial charge in [0, 0.05) is 29.4 Å². The second kappa shape index (κ2) is 11.1. The van der Waals surface area contributed by atoms with Gasteiger partial charge in [0.25, 0.3) is 0 Å². The van der Waals surface area contributed by atoms with E-state index in [1.807, 2.05) is 48.5 Å². The van der Waals surface area contributed by atoms with Crippen LogP contribution in [0.15, 0.2) is 73.1 Å². The van der Waals surface area contributed by atoms with Crippen LogP contribution < -0.4 is 5.32 Å². The number of carboxylic acid groups (broad SMARTS) is 2. The van der Waals surface area contributed by atoms with Gasteiger partial charge in [0.1, 0.15) is 0 Å². The van der Waals surface area contributed by atoms with Gasteiger partial charge >= 0.3 is 11.9 Å². The highest BCUT2D eigenvalue weighted by Crippen LogP contribution is 2.30. The Morgan fingerprint density at radius 2 is 1.66 bits per heavy atom. The molecule has 0 aliphatic rings. The molecule has 0 saturated carbocycles. The van der Waals surface area contributed by atoms with Crippen molar-refractivity contribution in [2.24, 2.45) is 5.41 Å². The Bertz CT molecular complexity index is 1180. The van der Waals surface area contributed by atoms with E-state index in [2.05, 4.69) is 10.3 Å². The highest BCUT2D eigenvalue weighted by molar-refractivity contribution is 6.30. The number of carbonyl (C=O) groups is 3. The summed E-state index contributed by atoms with van der Waals surface area (Å²) in [5, 5.41) is 22.1. The fraction of sp³-hybridized carbons (Fsp3) is 0.259. The van der Waals surface area contributed by atoms with Crippen molar-refractivity contribution in [2.75, 3.05) is 0 Å². The van der Waals surface area contributed by atoms with Gasteiger partial charge in [-0.15, -0.1) is 0 Å². The van der Waals surface area contributed by atoms with Crippen molar-refractivity contribution in [2.45, 2.75) is 38.6 Å². The zero-order valence-corrected chi connectivity index (χ0v) is 20.2. The van der Waals surface area contributed by atoms with Gasteiger partial charge < -0.3 is 15.5 Å². The van der Waals surface area contributed by atoms with Crippen molar-refractivity contribution in [1.82, 2.24) is 10.3 Å². The maximum Gasteiger partial charge on any atom is 0.319 e. The van der Waals surface area contributed by atoms with E-state index in [0.717, 1.165) is 29.2 Å². The molecule has 0 aliphatic heterocycles. The van der Waals surface area contributed by atoms with Gasteiger partial charge in [-0.1, -0.05) is 54.1 Å². The molecule has 3 atom stereocenters. The van der Waals surface area contributed by atoms with E-state index >= 15 is 0 Å². The first kappa shape index (κ1) is 25.9. The number of halogens is 1. The molecule has 0 bridgehead atoms. The fourth-order valence-corrected chi connectivity index (χ4v) is 4.06. The van der Waals surface area contributed by atoms with Gasteiger partial charge in [-0.3, -0.25) is 19.4 Å². The monoisotopic (exact) mass is 494 g/mol. The number of pyridine rings is 1. The second-order valence-electron chi connectivity index (χ2n) is 8.77. The Morgan fingerprint density at radius 1 is 1.00 bits per heavy atom. The number of rotatable bonds is 10. The molecule has 3 unspecified atom stereocenters. The van der Waals surface area contributed by atoms with Gasteiger partial charge in [-0.2, -0.15) is 0 Å². The molecule has 0 fully saturated rings. The molecule has 3 aromatic rings. The molecule has 3 rings (SSSR count). The number of nitrogens with zero attached hydrogens (tertiary/aromatic N) is 1. The second-order valence-corrected chi connectivity index (χ2v) is 9.21. The van der Waals surface area contributed by atoms with Crippen molar-refractivity contribution in [3.63, 3.8) is 0 Å². The zero-order valence-electron chi connectivity index (χ0n) is 19.4. The number of nitrogens with one attached hydrogen (secondary N) is 1. The molecule has 8 heteroatoms. The predicted molar refractivity (Wildman–Crippen MR) is 133 cm³/mol. The third-order valence-corrected chi connectivity index (χ3v) is 6.39. The molecule has 0 aliphatic carbocycles. The molecule has 0 radical (unpaired) electrons. The Labute approximate surface area is 208 Å². The summed E-state index contributed by atoms with van der Waals surface area (Å²) in [7, 11) is 0. The largest absolute Gasteiger partial charge is 0.481 e. The summed E-state index contributed by atoms with van der Waals surface area (Å²) in [5.41, 5.74) is 1.80. The molecule has 7 nitrogen and oxygen atoms in total. The van der Waals surface area contributed by atoms with Crippen molar-refractivity contribution in [1.29, 1.82) is 0 Å². The van der Waals surface area contributed by atoms with Gasteiger partial charge in [0.15, 0.2) is 5.41 Å². The zero-order chi connectivity index (χ0) is 25.6. The Kier molecular flexibility index (Phi) is 8.25. The summed E-state index contributed by atoms with van der Waals surface area (Å²) < 4.78 is 0. The molecule has 1 heterocycles. The lowest BCUT2D eigenvalue weighted by Crippen LogP contribution is -2.50. The van der Waals surface area contributed by atoms with Crippen LogP contribution in [0, 0.1) is 5.41 Å². The lowest BCUT2D eigenvalue weighted by Gasteiger charge is -2.30. The molecule has 1 aromatic heterocycles. The average Bonchev–Trinajstić information content (AvgIpc) is 2.83. The number of hydrogen-bond donors (Lipinski definition) is 3. The molecule has 2 aromatic carbocycles. The molecule has 1 amide bonds. The number of carbonyl (C=O) groups excluding carboxylic acids is 1. The summed E-state index contributed by atoms with van der Waals surface area (Å²) in [4.78, 5) is 40.1. The number of aliphatic carboxylic acids is 2. The van der Waals surface area contributed by atoms with Crippen molar-refractivity contribution < 1.29 is 24.6 Å². The minimum absolute atomic E-state index is 0.217. The van der Waals surface area contributed by atoms with Crippen LogP contribution in [0.4, 0.5) is 0 Å². The normalized spacial score (nSPS) is 14.4. The number of hydrogen-bond acceptors (Lipinski definition) is 4. The minimum atomic E-state index is -2.09. The minimum Gasteiger partial charge on any atom is -0.481 e. The van der Waals surface area contributed by atoms with E-state index < -0.39 is 35.7 Å². The van der Waals surface area contributed by atoms with Crippen LogP contribution in [0.1, 0.15) is 37.3 Å². The maximum absolute atomic E-state index is 12.9. The van der Waals surface area contributed by atoms with E-state index in [4.69, 9.17) is 16.7 Å². The van der Waals surface area contributed by atoms with Crippen LogP contribution in [0.5, 0.6) is 0 Å². The fourth-order valence-electron chi connectivity index (χ4n) is 3.94. The maximum atomic E-state index is 12.9. The number of benzene rings is 2. The van der Waals surface area contributed by atoms with E-state index in [0.29, 0.717) is 11.4 Å². The number of aromatic nitrogens is 1. The Balaban J connectivity index is 1.90. The van der Waals surface area contributed by atoms with Crippen molar-refractivity contribution >= 4 is 29.4 Å². The first-order valence-electron chi connectivity index (χ1n) is 11.1. The van der Waals surface area contributed by atoms with Gasteiger partial charge in [-0.25, -0.2) is 0 Å². The average molecular weight is 495 g/mol. The highest BCUT2D eigenvalue weighted by Gasteiger charge is 2.44. The predicted octanol–water partition coefficient (Wildman–Crippen LogP) is 4.80. The number of carboxylic acids is 2. The van der Waals surface area contributed by atoms with Crippen LogP contribution in [0.2, 0.25) is 5.02 Å². The Morgan fingerprint density at radius 3 is 2.20 bits per heavy atom. The van der Waals surface area contributed by atoms with Crippen LogP contribution in [-0.2, 0) is 20.8 Å². The Hall–Kier alpha value is -3.71. The lowest BCUT2D eigenvalue weighted by molar-refractivity contribution is -0.160. The standard InChI is InChI=1S/C27H27ClN2O5/c1-17(30-25(33)27(2,26(34)35)15-24(31)32)23(14-18-5-11-22(28)12-6-18)20-9-7-19(8-10-20)21-4-3-13-29-16-21/h3-13,16-17,23H,14-15H2,1-2H3,(H,30,33)(H,31,32)(H,34,35). The SMILES string of the molecule is CC(NC(=O)C(C)(CC(=O)O)C(=O)O)C(Cc1ccc(Cl)cc1)c1ccc(-c2cccnc2)cc1. The van der Waals surface area contributed by atoms with E-state index in [9.17, 15) is 19.5 Å². The molecular weight excluding hydrogens is 468 g/mol. The summed E-state index contributed by atoms with van der Waals surface area (Å²) >= 11 is 6.03. The van der Waals surface area contributed by atoms with Crippen molar-refractivity contribution in [3.05, 3.63) is 89.2 Å². The molecule has 0 saturated heterocycles. The third kappa shape index (κ3) is 6.45. The smallest absolute Gasteiger partial charge is 0.319 e. The van der Waals surface area contributed by atoms with Crippen LogP contribution in [0.25, 0.3) is 11.1 Å². The summed E-state index contributed by atoms with van der Waals surface area (Å²) in [6, 6.07) is 18.6. The molecule has 35 heavy (non-hydrogen) atoms. The van der Waals surface area contributed by atoms with E-state index in [1.54, 1.807) is 31.5 Å². The highest BCUT2D eigenvalue weighted by atomic mass is 35.5. The molecular formula is C27H27ClN2O5. The summed E-state index contributed by atoms with van der Waals surface area (Å²) in [5.74, 6) is -3.90. The molecule has 182 valence electrons. The number of amides is 1. The first-order valence-corrected chi connectivity index (χ1v) is 11.5. The van der Waals surface area contributed by atoms with E-state index in [-0.39, 0.29) is 5.92 Å². The lowest BCUT2D eigenvalue weighted by atomic mass is 9.83. The summed E-state index contributed by atoms with van der Waals surface area (Å²) in [6.45, 7) is 2.92. The van der Waals surface area contributed by atoms with E-state index in [1.165, 1.54) is 0 Å².